The van der Waals surface area contributed by atoms with E-state index in [0.29, 0.717) is 5.95 Å². The predicted octanol–water partition coefficient (Wildman–Crippen LogP) is 2.69. The van der Waals surface area contributed by atoms with Crippen molar-refractivity contribution >= 4 is 46.0 Å². The monoisotopic (exact) mass is 310 g/mol. The Hall–Kier alpha value is -2.93. The Morgan fingerprint density at radius 1 is 1.05 bits per heavy atom. The summed E-state index contributed by atoms with van der Waals surface area (Å²) in [7, 11) is 0. The molecule has 0 saturated heterocycles. The number of para-hydroxylation sites is 3. The van der Waals surface area contributed by atoms with Gasteiger partial charge in [0.05, 0.1) is 11.0 Å². The molecule has 0 saturated carbocycles. The van der Waals surface area contributed by atoms with Crippen LogP contribution in [-0.2, 0) is 0 Å². The van der Waals surface area contributed by atoms with Crippen LogP contribution in [0.5, 0.6) is 0 Å². The van der Waals surface area contributed by atoms with Crippen LogP contribution < -0.4 is 16.4 Å². The first-order valence-electron chi connectivity index (χ1n) is 6.63. The number of rotatable bonds is 2. The Balaban J connectivity index is 1.67. The van der Waals surface area contributed by atoms with Gasteiger partial charge in [-0.05, 0) is 36.5 Å². The van der Waals surface area contributed by atoms with Gasteiger partial charge in [0.25, 0.3) is 0 Å². The van der Waals surface area contributed by atoms with E-state index in [9.17, 15) is 0 Å². The second-order valence-corrected chi connectivity index (χ2v) is 4.91. The Bertz CT molecular complexity index is 791. The van der Waals surface area contributed by atoms with Crippen LogP contribution in [0.3, 0.4) is 0 Å². The number of guanidine groups is 1. The zero-order chi connectivity index (χ0) is 15.4. The molecule has 0 atom stereocenters. The number of nitrogens with one attached hydrogen (secondary N) is 3. The molecule has 6 nitrogen and oxygen atoms in total. The molecule has 2 aromatic carbocycles. The number of benzene rings is 2. The number of aromatic amines is 1. The van der Waals surface area contributed by atoms with Gasteiger partial charge in [-0.2, -0.15) is 4.99 Å². The van der Waals surface area contributed by atoms with Gasteiger partial charge in [-0.25, -0.2) is 4.98 Å². The summed E-state index contributed by atoms with van der Waals surface area (Å²) in [6, 6.07) is 17.2. The third-order valence-corrected chi connectivity index (χ3v) is 3.08. The average Bonchev–Trinajstić information content (AvgIpc) is 2.89. The maximum absolute atomic E-state index is 5.83. The summed E-state index contributed by atoms with van der Waals surface area (Å²) < 4.78 is 0. The summed E-state index contributed by atoms with van der Waals surface area (Å²) >= 11 is 5.14. The topological polar surface area (TPSA) is 91.1 Å². The molecular weight excluding hydrogens is 296 g/mol. The van der Waals surface area contributed by atoms with E-state index in [4.69, 9.17) is 18.0 Å². The minimum Gasteiger partial charge on any atom is -0.369 e. The highest BCUT2D eigenvalue weighted by Crippen LogP contribution is 2.13. The predicted molar refractivity (Wildman–Crippen MR) is 94.0 cm³/mol. The standard InChI is InChI=1S/C15H14N6S/c16-13(21-15(22)17-10-6-2-1-3-7-10)20-14-18-11-8-4-5-9-12(11)19-14/h1-9H,(H5,16,17,18,19,20,21,22). The van der Waals surface area contributed by atoms with Crippen LogP contribution in [0.15, 0.2) is 59.6 Å². The quantitative estimate of drug-likeness (QED) is 0.332. The van der Waals surface area contributed by atoms with Gasteiger partial charge >= 0.3 is 0 Å². The summed E-state index contributed by atoms with van der Waals surface area (Å²) in [5.74, 6) is 0.678. The van der Waals surface area contributed by atoms with Crippen molar-refractivity contribution in [3.05, 3.63) is 54.6 Å². The zero-order valence-corrected chi connectivity index (χ0v) is 12.4. The lowest BCUT2D eigenvalue weighted by Gasteiger charge is -2.05. The Morgan fingerprint density at radius 3 is 2.55 bits per heavy atom. The Morgan fingerprint density at radius 2 is 1.77 bits per heavy atom. The molecule has 1 aromatic heterocycles. The maximum Gasteiger partial charge on any atom is 0.208 e. The van der Waals surface area contributed by atoms with Gasteiger partial charge in [-0.3, -0.25) is 5.32 Å². The van der Waals surface area contributed by atoms with Crippen molar-refractivity contribution in [3.63, 3.8) is 0 Å². The first-order chi connectivity index (χ1) is 10.7. The number of nitrogens with two attached hydrogens (primary N) is 1. The van der Waals surface area contributed by atoms with E-state index in [1.807, 2.05) is 54.6 Å². The molecule has 0 unspecified atom stereocenters. The molecule has 0 bridgehead atoms. The van der Waals surface area contributed by atoms with Crippen molar-refractivity contribution in [1.82, 2.24) is 9.97 Å². The van der Waals surface area contributed by atoms with Gasteiger partial charge in [0.2, 0.25) is 17.0 Å². The minimum absolute atomic E-state index is 0.160. The number of hydrogen-bond donors (Lipinski definition) is 4. The number of nitrogens with zero attached hydrogens (tertiary/aromatic N) is 2. The summed E-state index contributed by atoms with van der Waals surface area (Å²) in [6.07, 6.45) is 0. The van der Waals surface area contributed by atoms with Crippen molar-refractivity contribution in [1.29, 1.82) is 0 Å². The molecule has 0 fully saturated rings. The normalized spacial score (nSPS) is 11.4. The molecule has 3 aromatic rings. The van der Waals surface area contributed by atoms with Crippen LogP contribution in [0.25, 0.3) is 11.0 Å². The first kappa shape index (κ1) is 14.0. The lowest BCUT2D eigenvalue weighted by atomic mass is 10.3. The summed E-state index contributed by atoms with van der Waals surface area (Å²) in [5.41, 5.74) is 8.46. The van der Waals surface area contributed by atoms with Gasteiger partial charge in [0, 0.05) is 5.69 Å². The van der Waals surface area contributed by atoms with E-state index >= 15 is 0 Å². The Kier molecular flexibility index (Phi) is 3.97. The molecular formula is C15H14N6S. The van der Waals surface area contributed by atoms with E-state index in [2.05, 4.69) is 25.6 Å². The molecule has 3 rings (SSSR count). The highest BCUT2D eigenvalue weighted by atomic mass is 32.1. The third kappa shape index (κ3) is 3.39. The fourth-order valence-corrected chi connectivity index (χ4v) is 2.16. The van der Waals surface area contributed by atoms with E-state index in [1.165, 1.54) is 0 Å². The number of imidazole rings is 1. The number of aromatic nitrogens is 2. The average molecular weight is 310 g/mol. The fraction of sp³-hybridized carbons (Fsp3) is 0. The third-order valence-electron chi connectivity index (χ3n) is 2.88. The molecule has 0 aliphatic heterocycles. The van der Waals surface area contributed by atoms with E-state index in [1.54, 1.807) is 0 Å². The highest BCUT2D eigenvalue weighted by Gasteiger charge is 2.03. The smallest absolute Gasteiger partial charge is 0.208 e. The lowest BCUT2D eigenvalue weighted by molar-refractivity contribution is 1.31. The fourth-order valence-electron chi connectivity index (χ4n) is 1.94. The van der Waals surface area contributed by atoms with Crippen molar-refractivity contribution in [3.8, 4) is 0 Å². The van der Waals surface area contributed by atoms with Gasteiger partial charge in [-0.1, -0.05) is 30.3 Å². The molecule has 0 radical (unpaired) electrons. The van der Waals surface area contributed by atoms with E-state index in [0.717, 1.165) is 16.7 Å². The van der Waals surface area contributed by atoms with Crippen LogP contribution in [0, 0.1) is 0 Å². The van der Waals surface area contributed by atoms with Crippen molar-refractivity contribution in [2.24, 2.45) is 10.7 Å². The molecule has 1 heterocycles. The van der Waals surface area contributed by atoms with Crippen molar-refractivity contribution in [2.75, 3.05) is 10.6 Å². The molecule has 5 N–H and O–H groups in total. The van der Waals surface area contributed by atoms with Crippen LogP contribution >= 0.6 is 12.2 Å². The van der Waals surface area contributed by atoms with Crippen LogP contribution in [0.2, 0.25) is 0 Å². The second kappa shape index (κ2) is 6.23. The van der Waals surface area contributed by atoms with Gasteiger partial charge < -0.3 is 16.0 Å². The zero-order valence-electron chi connectivity index (χ0n) is 11.6. The SMILES string of the molecule is N/C(=N/C(=S)Nc1ccccc1)Nc1nc2ccccc2[nH]1. The number of H-pyrrole nitrogens is 1. The van der Waals surface area contributed by atoms with Crippen LogP contribution in [0.1, 0.15) is 0 Å². The molecule has 7 heteroatoms. The summed E-state index contributed by atoms with van der Waals surface area (Å²) in [5, 5.41) is 6.13. The molecule has 0 aliphatic carbocycles. The Labute approximate surface area is 132 Å². The van der Waals surface area contributed by atoms with Gasteiger partial charge in [-0.15, -0.1) is 0 Å². The number of aliphatic imine (C=N–C) groups is 1. The van der Waals surface area contributed by atoms with E-state index in [-0.39, 0.29) is 11.1 Å². The number of anilines is 2. The lowest BCUT2D eigenvalue weighted by Crippen LogP contribution is -2.25. The van der Waals surface area contributed by atoms with Gasteiger partial charge in [0.15, 0.2) is 0 Å². The summed E-state index contributed by atoms with van der Waals surface area (Å²) in [4.78, 5) is 11.5. The molecule has 0 aliphatic rings. The molecule has 0 spiro atoms. The van der Waals surface area contributed by atoms with Crippen LogP contribution in [-0.4, -0.2) is 21.0 Å². The maximum atomic E-state index is 5.83. The number of hydrogen-bond acceptors (Lipinski definition) is 2. The van der Waals surface area contributed by atoms with E-state index < -0.39 is 0 Å². The first-order valence-corrected chi connectivity index (χ1v) is 7.03. The minimum atomic E-state index is 0.160. The van der Waals surface area contributed by atoms with Crippen molar-refractivity contribution < 1.29 is 0 Å². The van der Waals surface area contributed by atoms with Crippen molar-refractivity contribution in [2.45, 2.75) is 0 Å². The number of fused-ring (bicyclic) bond motifs is 1. The molecule has 22 heavy (non-hydrogen) atoms. The summed E-state index contributed by atoms with van der Waals surface area (Å²) in [6.45, 7) is 0. The number of thiocarbonyl (C=S) groups is 1. The highest BCUT2D eigenvalue weighted by molar-refractivity contribution is 7.80. The second-order valence-electron chi connectivity index (χ2n) is 4.52. The molecule has 110 valence electrons. The van der Waals surface area contributed by atoms with Crippen LogP contribution in [0.4, 0.5) is 11.6 Å². The largest absolute Gasteiger partial charge is 0.369 e. The van der Waals surface area contributed by atoms with Gasteiger partial charge in [0.1, 0.15) is 0 Å². The molecule has 0 amide bonds.